The maximum atomic E-state index is 12.3. The first kappa shape index (κ1) is 18.9. The lowest BCUT2D eigenvalue weighted by Crippen LogP contribution is -2.16. The number of nitrogens with zero attached hydrogens (tertiary/aromatic N) is 6. The van der Waals surface area contributed by atoms with E-state index in [1.807, 2.05) is 25.2 Å². The summed E-state index contributed by atoms with van der Waals surface area (Å²) in [6.07, 6.45) is 2.61. The highest BCUT2D eigenvalue weighted by Crippen LogP contribution is 2.38. The smallest absolute Gasteiger partial charge is 0.228 e. The zero-order chi connectivity index (χ0) is 21.5. The molecule has 0 aliphatic heterocycles. The van der Waals surface area contributed by atoms with Gasteiger partial charge in [-0.2, -0.15) is 0 Å². The summed E-state index contributed by atoms with van der Waals surface area (Å²) < 4.78 is 1.71. The van der Waals surface area contributed by atoms with Gasteiger partial charge in [0.25, 0.3) is 0 Å². The molecule has 0 spiro atoms. The molecule has 2 atom stereocenters. The van der Waals surface area contributed by atoms with Crippen LogP contribution in [0.25, 0.3) is 21.9 Å². The van der Waals surface area contributed by atoms with E-state index in [1.54, 1.807) is 24.0 Å². The van der Waals surface area contributed by atoms with Crippen molar-refractivity contribution in [3.8, 4) is 11.8 Å². The lowest BCUT2D eigenvalue weighted by Gasteiger charge is -2.08. The SMILES string of the molecule is CNc1ncc(C#Cc2ccc3nnn(C)c3c2)c2cc(NC(=O)[C@H]3C[C@H]3C)nnc12. The molecule has 5 rings (SSSR count). The summed E-state index contributed by atoms with van der Waals surface area (Å²) >= 11 is 0. The third kappa shape index (κ3) is 3.53. The Kier molecular flexibility index (Phi) is 4.47. The van der Waals surface area contributed by atoms with Crippen LogP contribution in [0.5, 0.6) is 0 Å². The molecular formula is C22H20N8O. The van der Waals surface area contributed by atoms with Crippen molar-refractivity contribution in [1.82, 2.24) is 30.2 Å². The maximum absolute atomic E-state index is 12.3. The van der Waals surface area contributed by atoms with Gasteiger partial charge in [0.05, 0.1) is 11.1 Å². The average Bonchev–Trinajstić information content (AvgIpc) is 3.41. The van der Waals surface area contributed by atoms with Gasteiger partial charge in [-0.3, -0.25) is 4.79 Å². The van der Waals surface area contributed by atoms with Gasteiger partial charge in [0.2, 0.25) is 5.91 Å². The van der Waals surface area contributed by atoms with E-state index in [0.29, 0.717) is 28.6 Å². The molecule has 9 nitrogen and oxygen atoms in total. The fourth-order valence-electron chi connectivity index (χ4n) is 3.53. The Morgan fingerprint density at radius 2 is 2.03 bits per heavy atom. The van der Waals surface area contributed by atoms with Crippen LogP contribution < -0.4 is 10.6 Å². The number of pyridine rings is 1. The molecule has 1 aromatic carbocycles. The van der Waals surface area contributed by atoms with Crippen LogP contribution in [0.1, 0.15) is 24.5 Å². The van der Waals surface area contributed by atoms with Gasteiger partial charge in [-0.15, -0.1) is 15.3 Å². The van der Waals surface area contributed by atoms with Crippen LogP contribution in [0, 0.1) is 23.7 Å². The van der Waals surface area contributed by atoms with Crippen molar-refractivity contribution in [2.45, 2.75) is 13.3 Å². The lowest BCUT2D eigenvalue weighted by atomic mass is 10.1. The molecule has 3 aromatic heterocycles. The van der Waals surface area contributed by atoms with E-state index in [0.717, 1.165) is 28.4 Å². The Labute approximate surface area is 178 Å². The third-order valence-corrected chi connectivity index (χ3v) is 5.52. The summed E-state index contributed by atoms with van der Waals surface area (Å²) in [6, 6.07) is 7.55. The molecule has 31 heavy (non-hydrogen) atoms. The molecule has 1 fully saturated rings. The number of nitrogens with one attached hydrogen (secondary N) is 2. The Morgan fingerprint density at radius 3 is 2.81 bits per heavy atom. The first-order chi connectivity index (χ1) is 15.0. The second-order valence-corrected chi connectivity index (χ2v) is 7.74. The minimum atomic E-state index is -0.0187. The topological polar surface area (TPSA) is 111 Å². The molecule has 4 aromatic rings. The van der Waals surface area contributed by atoms with Crippen molar-refractivity contribution < 1.29 is 4.79 Å². The van der Waals surface area contributed by atoms with Gasteiger partial charge in [0.15, 0.2) is 11.6 Å². The zero-order valence-electron chi connectivity index (χ0n) is 17.3. The van der Waals surface area contributed by atoms with Gasteiger partial charge in [0.1, 0.15) is 11.0 Å². The van der Waals surface area contributed by atoms with E-state index < -0.39 is 0 Å². The number of benzene rings is 1. The van der Waals surface area contributed by atoms with Crippen molar-refractivity contribution >= 4 is 39.5 Å². The van der Waals surface area contributed by atoms with E-state index in [-0.39, 0.29) is 11.8 Å². The van der Waals surface area contributed by atoms with Gasteiger partial charge < -0.3 is 10.6 Å². The van der Waals surface area contributed by atoms with Gasteiger partial charge in [-0.25, -0.2) is 9.67 Å². The van der Waals surface area contributed by atoms with Crippen LogP contribution in [0.15, 0.2) is 30.5 Å². The molecule has 0 radical (unpaired) electrons. The Morgan fingerprint density at radius 1 is 1.19 bits per heavy atom. The molecule has 0 bridgehead atoms. The number of aromatic nitrogens is 6. The minimum Gasteiger partial charge on any atom is -0.371 e. The molecule has 9 heteroatoms. The molecule has 0 saturated heterocycles. The predicted molar refractivity (Wildman–Crippen MR) is 117 cm³/mol. The summed E-state index contributed by atoms with van der Waals surface area (Å²) in [5.41, 5.74) is 3.85. The number of hydrogen-bond acceptors (Lipinski definition) is 7. The first-order valence-electron chi connectivity index (χ1n) is 10.00. The lowest BCUT2D eigenvalue weighted by molar-refractivity contribution is -0.117. The zero-order valence-corrected chi connectivity index (χ0v) is 17.3. The largest absolute Gasteiger partial charge is 0.371 e. The van der Waals surface area contributed by atoms with Crippen LogP contribution in [0.4, 0.5) is 11.6 Å². The van der Waals surface area contributed by atoms with Crippen molar-refractivity contribution in [2.24, 2.45) is 18.9 Å². The Bertz CT molecular complexity index is 1400. The minimum absolute atomic E-state index is 0.0187. The highest BCUT2D eigenvalue weighted by atomic mass is 16.2. The summed E-state index contributed by atoms with van der Waals surface area (Å²) in [5.74, 6) is 7.83. The van der Waals surface area contributed by atoms with Gasteiger partial charge in [-0.05, 0) is 36.6 Å². The third-order valence-electron chi connectivity index (χ3n) is 5.52. The van der Waals surface area contributed by atoms with E-state index in [1.165, 1.54) is 0 Å². The summed E-state index contributed by atoms with van der Waals surface area (Å²) in [6.45, 7) is 2.06. The van der Waals surface area contributed by atoms with E-state index >= 15 is 0 Å². The number of aryl methyl sites for hydroxylation is 1. The Balaban J connectivity index is 1.54. The number of carbonyl (C=O) groups excluding carboxylic acids is 1. The number of carbonyl (C=O) groups is 1. The molecular weight excluding hydrogens is 392 g/mol. The maximum Gasteiger partial charge on any atom is 0.228 e. The van der Waals surface area contributed by atoms with E-state index in [2.05, 4.69) is 54.9 Å². The molecule has 1 amide bonds. The predicted octanol–water partition coefficient (Wildman–Crippen LogP) is 2.34. The summed E-state index contributed by atoms with van der Waals surface area (Å²) in [4.78, 5) is 16.7. The number of fused-ring (bicyclic) bond motifs is 2. The molecule has 2 N–H and O–H groups in total. The quantitative estimate of drug-likeness (QED) is 0.497. The van der Waals surface area contributed by atoms with E-state index in [9.17, 15) is 4.79 Å². The van der Waals surface area contributed by atoms with Crippen molar-refractivity contribution in [1.29, 1.82) is 0 Å². The van der Waals surface area contributed by atoms with Crippen LogP contribution in [-0.2, 0) is 11.8 Å². The Hall–Kier alpha value is -4.06. The molecule has 1 aliphatic rings. The standard InChI is InChI=1S/C22H20N8O/c1-12-8-15(12)22(31)25-19-10-16-14(11-24-21(23-2)20(16)28-27-19)6-4-13-5-7-17-18(9-13)30(3)29-26-17/h5,7,9-12,15H,8H2,1-3H3,(H,23,24)(H,25,27,31)/t12-,15+/m1/s1. The van der Waals surface area contributed by atoms with Crippen LogP contribution in [0.2, 0.25) is 0 Å². The number of amides is 1. The second kappa shape index (κ2) is 7.32. The van der Waals surface area contributed by atoms with Gasteiger partial charge in [0, 0.05) is 37.2 Å². The van der Waals surface area contributed by atoms with Crippen molar-refractivity contribution in [2.75, 3.05) is 17.7 Å². The average molecular weight is 412 g/mol. The van der Waals surface area contributed by atoms with Crippen molar-refractivity contribution in [3.05, 3.63) is 41.6 Å². The summed E-state index contributed by atoms with van der Waals surface area (Å²) in [5, 5.41) is 23.2. The first-order valence-corrected chi connectivity index (χ1v) is 10.00. The normalized spacial score (nSPS) is 17.3. The highest BCUT2D eigenvalue weighted by molar-refractivity contribution is 5.97. The fourth-order valence-corrected chi connectivity index (χ4v) is 3.53. The number of hydrogen-bond donors (Lipinski definition) is 2. The van der Waals surface area contributed by atoms with Crippen LogP contribution in [0.3, 0.4) is 0 Å². The monoisotopic (exact) mass is 412 g/mol. The molecule has 0 unspecified atom stereocenters. The molecule has 1 saturated carbocycles. The van der Waals surface area contributed by atoms with Crippen LogP contribution >= 0.6 is 0 Å². The fraction of sp³-hybridized carbons (Fsp3) is 0.273. The van der Waals surface area contributed by atoms with Crippen molar-refractivity contribution in [3.63, 3.8) is 0 Å². The number of anilines is 2. The molecule has 3 heterocycles. The van der Waals surface area contributed by atoms with Crippen LogP contribution in [-0.4, -0.2) is 43.1 Å². The van der Waals surface area contributed by atoms with Gasteiger partial charge >= 0.3 is 0 Å². The second-order valence-electron chi connectivity index (χ2n) is 7.74. The molecule has 154 valence electrons. The van der Waals surface area contributed by atoms with E-state index in [4.69, 9.17) is 0 Å². The summed E-state index contributed by atoms with van der Waals surface area (Å²) in [7, 11) is 3.62. The molecule has 1 aliphatic carbocycles. The van der Waals surface area contributed by atoms with Gasteiger partial charge in [-0.1, -0.05) is 24.0 Å². The number of rotatable bonds is 3. The highest BCUT2D eigenvalue weighted by Gasteiger charge is 2.39.